The Labute approximate surface area is 539 Å². The lowest BCUT2D eigenvalue weighted by molar-refractivity contribution is -0.159. The monoisotopic (exact) mass is 1290 g/mol. The number of nitrogens with one attached hydrogen (secondary N) is 3. The number of ketones is 5. The van der Waals surface area contributed by atoms with E-state index in [1.54, 1.807) is 20.8 Å². The van der Waals surface area contributed by atoms with Gasteiger partial charge in [0.2, 0.25) is 17.7 Å². The molecule has 526 valence electrons. The normalized spacial score (nSPS) is 11.9. The van der Waals surface area contributed by atoms with E-state index in [1.165, 1.54) is 72.1 Å². The van der Waals surface area contributed by atoms with E-state index in [9.17, 15) is 47.9 Å². The molecule has 24 heteroatoms. The highest BCUT2D eigenvalue weighted by molar-refractivity contribution is 5.86. The van der Waals surface area contributed by atoms with Crippen molar-refractivity contribution in [1.82, 2.24) is 16.0 Å². The maximum Gasteiger partial charge on any atom is 0.329 e. The largest absolute Gasteiger partial charge is 0.460 e. The molecule has 0 aromatic rings. The van der Waals surface area contributed by atoms with E-state index in [0.717, 1.165) is 38.5 Å². The molecule has 24 nitrogen and oxygen atoms in total. The number of hydrogen-bond acceptors (Lipinski definition) is 21. The molecule has 0 saturated carbocycles. The van der Waals surface area contributed by atoms with Crippen LogP contribution in [0.1, 0.15) is 224 Å². The number of rotatable bonds is 60. The van der Waals surface area contributed by atoms with Crippen molar-refractivity contribution >= 4 is 58.6 Å². The summed E-state index contributed by atoms with van der Waals surface area (Å²) in [6.45, 7) is 19.9. The molecule has 0 aliphatic rings. The second-order valence-electron chi connectivity index (χ2n) is 24.0. The number of Topliss-reactive ketones (excluding diaryl/α,β-unsaturated/α-hetero) is 5. The lowest BCUT2D eigenvalue weighted by Gasteiger charge is -2.24. The second-order valence-corrected chi connectivity index (χ2v) is 24.0. The third kappa shape index (κ3) is 69.2. The molecule has 0 spiro atoms. The van der Waals surface area contributed by atoms with Crippen LogP contribution in [-0.2, 0) is 95.3 Å². The van der Waals surface area contributed by atoms with E-state index in [2.05, 4.69) is 16.0 Å². The molecule has 90 heavy (non-hydrogen) atoms. The van der Waals surface area contributed by atoms with Crippen molar-refractivity contribution in [1.29, 1.82) is 0 Å². The molecule has 0 unspecified atom stereocenters. The van der Waals surface area contributed by atoms with Crippen LogP contribution >= 0.6 is 0 Å². The minimum absolute atomic E-state index is 0. The number of hydrogen-bond donors (Lipinski definition) is 4. The van der Waals surface area contributed by atoms with Gasteiger partial charge in [-0.2, -0.15) is 0 Å². The molecule has 0 bridgehead atoms. The van der Waals surface area contributed by atoms with Gasteiger partial charge in [0.1, 0.15) is 61.0 Å². The Hall–Kier alpha value is -4.66. The van der Waals surface area contributed by atoms with Gasteiger partial charge in [0.15, 0.2) is 11.6 Å². The zero-order valence-electron chi connectivity index (χ0n) is 56.1. The van der Waals surface area contributed by atoms with Crippen molar-refractivity contribution in [3.63, 3.8) is 0 Å². The van der Waals surface area contributed by atoms with Crippen molar-refractivity contribution < 1.29 is 95.3 Å². The molecule has 0 aliphatic heterocycles. The van der Waals surface area contributed by atoms with Crippen LogP contribution in [0.4, 0.5) is 0 Å². The number of carbonyl (C=O) groups is 10. The van der Waals surface area contributed by atoms with Gasteiger partial charge in [0.25, 0.3) is 0 Å². The summed E-state index contributed by atoms with van der Waals surface area (Å²) >= 11 is 0. The summed E-state index contributed by atoms with van der Waals surface area (Å²) in [5.41, 5.74) is 4.46. The summed E-state index contributed by atoms with van der Waals surface area (Å²) in [6.07, 6.45) is 19.4. The van der Waals surface area contributed by atoms with Crippen molar-refractivity contribution in [2.45, 2.75) is 247 Å². The fraction of sp³-hybridized carbons (Fsp3) is 0.848. The minimum atomic E-state index is -0.883. The molecular weight excluding hydrogens is 1170 g/mol. The van der Waals surface area contributed by atoms with E-state index in [-0.39, 0.29) is 126 Å². The number of esters is 2. The highest BCUT2D eigenvalue weighted by Crippen LogP contribution is 2.17. The standard InChI is InChI=1S/C45H82N2O12.C20H36N2O8.CH4/c1-37(48)35-56-33-32-55-30-28-46-41(51)36-57-34-31-54-29-22-23-38(49)26-27-39(43(53)59-45(5,6)7)47-40(50)24-20-18-16-14-12-10-8-9-11-13-15-17-19-21-25-42(52)58-44(2,3)4;1-16(23)14-29-12-11-28-9-7-22-20(26)15-30-13-10-27-8-3-4-18(25)5-6-19(21)17(2)24;/h39H,8-36H2,1-7H3,(H,46,51)(H,47,50);19H,3-15,21H2,1-2H3,(H,22,26);1H4/t39-;19-;/m00./s1. The molecule has 0 rings (SSSR count). The quantitative estimate of drug-likeness (QED) is 0.0334. The van der Waals surface area contributed by atoms with Gasteiger partial charge in [0.05, 0.1) is 72.1 Å². The highest BCUT2D eigenvalue weighted by Gasteiger charge is 2.27. The van der Waals surface area contributed by atoms with E-state index in [0.29, 0.717) is 117 Å². The van der Waals surface area contributed by atoms with Gasteiger partial charge in [-0.05, 0) is 101 Å². The molecule has 2 atom stereocenters. The molecule has 0 radical (unpaired) electrons. The first-order valence-corrected chi connectivity index (χ1v) is 32.5. The Morgan fingerprint density at radius 1 is 0.367 bits per heavy atom. The molecular formula is C66H122N4O20. The van der Waals surface area contributed by atoms with Crippen molar-refractivity contribution in [3.8, 4) is 0 Å². The predicted molar refractivity (Wildman–Crippen MR) is 344 cm³/mol. The maximum atomic E-state index is 12.9. The van der Waals surface area contributed by atoms with Crippen LogP contribution < -0.4 is 21.7 Å². The summed E-state index contributed by atoms with van der Waals surface area (Å²) in [4.78, 5) is 117. The van der Waals surface area contributed by atoms with Gasteiger partial charge in [-0.15, -0.1) is 0 Å². The lowest BCUT2D eigenvalue weighted by Crippen LogP contribution is -2.44. The Morgan fingerprint density at radius 2 is 0.711 bits per heavy atom. The molecule has 0 heterocycles. The van der Waals surface area contributed by atoms with E-state index in [1.807, 2.05) is 20.8 Å². The van der Waals surface area contributed by atoms with Crippen LogP contribution in [0, 0.1) is 0 Å². The summed E-state index contributed by atoms with van der Waals surface area (Å²) in [6, 6.07) is -1.45. The van der Waals surface area contributed by atoms with Crippen LogP contribution in [0.3, 0.4) is 0 Å². The summed E-state index contributed by atoms with van der Waals surface area (Å²) in [5.74, 6) is -1.52. The average Bonchev–Trinajstić information content (AvgIpc) is 3.55. The van der Waals surface area contributed by atoms with Crippen LogP contribution in [-0.4, -0.2) is 201 Å². The molecule has 5 N–H and O–H groups in total. The summed E-state index contributed by atoms with van der Waals surface area (Å²) in [5, 5.41) is 8.14. The van der Waals surface area contributed by atoms with Crippen LogP contribution in [0.25, 0.3) is 0 Å². The Bertz CT molecular complexity index is 1910. The van der Waals surface area contributed by atoms with Crippen LogP contribution in [0.15, 0.2) is 0 Å². The zero-order valence-corrected chi connectivity index (χ0v) is 56.1. The fourth-order valence-electron chi connectivity index (χ4n) is 8.04. The number of unbranched alkanes of at least 4 members (excludes halogenated alkanes) is 13. The van der Waals surface area contributed by atoms with Gasteiger partial charge in [-0.25, -0.2) is 4.79 Å². The molecule has 0 fully saturated rings. The van der Waals surface area contributed by atoms with Crippen molar-refractivity contribution in [2.75, 3.05) is 119 Å². The Kier molecular flexibility index (Phi) is 60.3. The first-order valence-electron chi connectivity index (χ1n) is 32.5. The second kappa shape index (κ2) is 60.6. The molecule has 0 aliphatic carbocycles. The molecule has 0 aromatic carbocycles. The van der Waals surface area contributed by atoms with Gasteiger partial charge in [0, 0.05) is 64.8 Å². The zero-order chi connectivity index (χ0) is 66.8. The first kappa shape index (κ1) is 89.5. The highest BCUT2D eigenvalue weighted by atomic mass is 16.6. The lowest BCUT2D eigenvalue weighted by atomic mass is 10.0. The number of carbonyl (C=O) groups excluding carboxylic acids is 10. The molecule has 0 aromatic heterocycles. The smallest absolute Gasteiger partial charge is 0.329 e. The SMILES string of the molecule is C.CC(=O)COCCOCCNC(=O)COCCOCCCC(=O)CC[C@H](N)C(C)=O.CC(=O)COCCOCCNC(=O)COCCOCCCC(=O)CC[C@H](NC(=O)CCCCCCCCCCCCCCCCC(=O)OC(C)(C)C)C(=O)OC(C)(C)C. The fourth-order valence-corrected chi connectivity index (χ4v) is 8.04. The van der Waals surface area contributed by atoms with Crippen LogP contribution in [0.2, 0.25) is 0 Å². The van der Waals surface area contributed by atoms with Gasteiger partial charge < -0.3 is 69.1 Å². The Balaban J connectivity index is -0.00000205. The van der Waals surface area contributed by atoms with Crippen molar-refractivity contribution in [3.05, 3.63) is 0 Å². The number of ether oxygens (including phenoxy) is 10. The first-order chi connectivity index (χ1) is 42.3. The average molecular weight is 1290 g/mol. The predicted octanol–water partition coefficient (Wildman–Crippen LogP) is 7.74. The summed E-state index contributed by atoms with van der Waals surface area (Å²) in [7, 11) is 0. The van der Waals surface area contributed by atoms with Crippen LogP contribution in [0.5, 0.6) is 0 Å². The minimum Gasteiger partial charge on any atom is -0.460 e. The number of amides is 3. The number of nitrogens with two attached hydrogens (primary N) is 1. The third-order valence-corrected chi connectivity index (χ3v) is 12.6. The molecule has 3 amide bonds. The topological polar surface area (TPSA) is 325 Å². The van der Waals surface area contributed by atoms with E-state index in [4.69, 9.17) is 53.1 Å². The van der Waals surface area contributed by atoms with Gasteiger partial charge in [-0.1, -0.05) is 84.5 Å². The maximum absolute atomic E-state index is 12.9. The van der Waals surface area contributed by atoms with Gasteiger partial charge in [-0.3, -0.25) is 43.2 Å². The summed E-state index contributed by atoms with van der Waals surface area (Å²) < 4.78 is 52.9. The Morgan fingerprint density at radius 3 is 1.09 bits per heavy atom. The van der Waals surface area contributed by atoms with E-state index < -0.39 is 29.3 Å². The van der Waals surface area contributed by atoms with Crippen molar-refractivity contribution in [2.24, 2.45) is 5.73 Å². The van der Waals surface area contributed by atoms with Gasteiger partial charge >= 0.3 is 11.9 Å². The van der Waals surface area contributed by atoms with E-state index >= 15 is 0 Å². The third-order valence-electron chi connectivity index (χ3n) is 12.6. The molecule has 0 saturated heterocycles.